The van der Waals surface area contributed by atoms with Gasteiger partial charge in [0.25, 0.3) is 11.7 Å². The molecule has 2 N–H and O–H groups in total. The zero-order valence-corrected chi connectivity index (χ0v) is 12.5. The molecule has 0 spiro atoms. The van der Waals surface area contributed by atoms with Crippen molar-refractivity contribution in [2.75, 3.05) is 0 Å². The number of ketones is 1. The Labute approximate surface area is 136 Å². The molecular formula is C17H11ClFNO3. The minimum Gasteiger partial charge on any atom is -0.507 e. The molecule has 3 rings (SSSR count). The molecule has 2 aromatic carbocycles. The van der Waals surface area contributed by atoms with E-state index in [1.54, 1.807) is 24.3 Å². The number of halogens is 2. The molecule has 1 fully saturated rings. The number of rotatable bonds is 2. The van der Waals surface area contributed by atoms with Crippen LogP contribution in [0.1, 0.15) is 17.2 Å². The Balaban J connectivity index is 2.10. The van der Waals surface area contributed by atoms with E-state index in [-0.39, 0.29) is 11.3 Å². The maximum atomic E-state index is 13.1. The van der Waals surface area contributed by atoms with Crippen molar-refractivity contribution in [1.29, 1.82) is 0 Å². The predicted molar refractivity (Wildman–Crippen MR) is 83.3 cm³/mol. The Kier molecular flexibility index (Phi) is 3.88. The molecule has 0 bridgehead atoms. The van der Waals surface area contributed by atoms with Crippen molar-refractivity contribution in [3.8, 4) is 0 Å². The Morgan fingerprint density at radius 1 is 1.04 bits per heavy atom. The van der Waals surface area contributed by atoms with Gasteiger partial charge in [-0.3, -0.25) is 9.59 Å². The standard InChI is InChI=1S/C17H11ClFNO3/c18-11-5-1-10(2-6-11)15(21)13-14(20-17(23)16(13)22)9-3-7-12(19)8-4-9/h1-8,14,21H,(H,20,23)/t14-/m1/s1. The van der Waals surface area contributed by atoms with E-state index in [1.165, 1.54) is 24.3 Å². The van der Waals surface area contributed by atoms with Crippen LogP contribution in [-0.4, -0.2) is 16.8 Å². The predicted octanol–water partition coefficient (Wildman–Crippen LogP) is 3.19. The SMILES string of the molecule is O=C1N[C@H](c2ccc(F)cc2)C(=C(O)c2ccc(Cl)cc2)C1=O. The molecule has 4 nitrogen and oxygen atoms in total. The van der Waals surface area contributed by atoms with Crippen LogP contribution in [0.2, 0.25) is 5.02 Å². The second kappa shape index (κ2) is 5.85. The Morgan fingerprint density at radius 3 is 2.26 bits per heavy atom. The van der Waals surface area contributed by atoms with Crippen molar-refractivity contribution in [2.24, 2.45) is 0 Å². The number of benzene rings is 2. The summed E-state index contributed by atoms with van der Waals surface area (Å²) >= 11 is 5.80. The summed E-state index contributed by atoms with van der Waals surface area (Å²) in [7, 11) is 0. The summed E-state index contributed by atoms with van der Waals surface area (Å²) in [5, 5.41) is 13.4. The third-order valence-corrected chi connectivity index (χ3v) is 3.84. The van der Waals surface area contributed by atoms with Crippen LogP contribution in [0.15, 0.2) is 54.1 Å². The first-order chi connectivity index (χ1) is 11.0. The van der Waals surface area contributed by atoms with E-state index < -0.39 is 23.5 Å². The lowest BCUT2D eigenvalue weighted by atomic mass is 9.96. The maximum Gasteiger partial charge on any atom is 0.293 e. The summed E-state index contributed by atoms with van der Waals surface area (Å²) in [4.78, 5) is 23.8. The molecule has 1 aliphatic heterocycles. The molecule has 2 aromatic rings. The first-order valence-electron chi connectivity index (χ1n) is 6.77. The highest BCUT2D eigenvalue weighted by Crippen LogP contribution is 2.33. The van der Waals surface area contributed by atoms with Crippen LogP contribution < -0.4 is 5.32 Å². The zero-order chi connectivity index (χ0) is 16.6. The van der Waals surface area contributed by atoms with Gasteiger partial charge >= 0.3 is 0 Å². The summed E-state index contributed by atoms with van der Waals surface area (Å²) in [5.74, 6) is -2.36. The fourth-order valence-electron chi connectivity index (χ4n) is 2.43. The van der Waals surface area contributed by atoms with Gasteiger partial charge in [-0.2, -0.15) is 0 Å². The van der Waals surface area contributed by atoms with Crippen LogP contribution in [0.4, 0.5) is 4.39 Å². The minimum absolute atomic E-state index is 0.0658. The normalized spacial score (nSPS) is 19.7. The average molecular weight is 332 g/mol. The molecule has 6 heteroatoms. The van der Waals surface area contributed by atoms with Gasteiger partial charge in [-0.15, -0.1) is 0 Å². The van der Waals surface area contributed by atoms with E-state index in [4.69, 9.17) is 11.6 Å². The van der Waals surface area contributed by atoms with Crippen molar-refractivity contribution in [3.05, 3.63) is 76.1 Å². The quantitative estimate of drug-likeness (QED) is 0.504. The smallest absolute Gasteiger partial charge is 0.293 e. The first kappa shape index (κ1) is 15.2. The first-order valence-corrected chi connectivity index (χ1v) is 7.15. The third kappa shape index (κ3) is 2.83. The lowest BCUT2D eigenvalue weighted by Crippen LogP contribution is -2.21. The molecule has 0 aromatic heterocycles. The van der Waals surface area contributed by atoms with Gasteiger partial charge in [-0.05, 0) is 42.0 Å². The van der Waals surface area contributed by atoms with Crippen molar-refractivity contribution in [3.63, 3.8) is 0 Å². The fraction of sp³-hybridized carbons (Fsp3) is 0.0588. The van der Waals surface area contributed by atoms with Crippen molar-refractivity contribution in [2.45, 2.75) is 6.04 Å². The van der Waals surface area contributed by atoms with E-state index in [2.05, 4.69) is 5.32 Å². The van der Waals surface area contributed by atoms with Gasteiger partial charge in [0.15, 0.2) is 0 Å². The second-order valence-electron chi connectivity index (χ2n) is 5.06. The number of nitrogens with one attached hydrogen (secondary N) is 1. The van der Waals surface area contributed by atoms with Gasteiger partial charge in [0.2, 0.25) is 0 Å². The molecule has 1 heterocycles. The lowest BCUT2D eigenvalue weighted by molar-refractivity contribution is -0.133. The Bertz CT molecular complexity index is 813. The van der Waals surface area contributed by atoms with Gasteiger partial charge < -0.3 is 10.4 Å². The van der Waals surface area contributed by atoms with E-state index in [1.807, 2.05) is 0 Å². The molecule has 1 atom stereocenters. The number of carbonyl (C=O) groups excluding carboxylic acids is 2. The number of hydrogen-bond acceptors (Lipinski definition) is 3. The molecule has 0 radical (unpaired) electrons. The number of hydrogen-bond donors (Lipinski definition) is 2. The molecule has 0 saturated carbocycles. The Hall–Kier alpha value is -2.66. The van der Waals surface area contributed by atoms with Crippen LogP contribution >= 0.6 is 11.6 Å². The van der Waals surface area contributed by atoms with Crippen LogP contribution in [0.3, 0.4) is 0 Å². The topological polar surface area (TPSA) is 66.4 Å². The van der Waals surface area contributed by atoms with E-state index in [0.717, 1.165) is 0 Å². The van der Waals surface area contributed by atoms with Gasteiger partial charge in [0.1, 0.15) is 11.6 Å². The summed E-state index contributed by atoms with van der Waals surface area (Å²) in [6.45, 7) is 0. The van der Waals surface area contributed by atoms with Gasteiger partial charge in [-0.25, -0.2) is 4.39 Å². The molecule has 1 amide bonds. The van der Waals surface area contributed by atoms with Crippen LogP contribution in [-0.2, 0) is 9.59 Å². The fourth-order valence-corrected chi connectivity index (χ4v) is 2.56. The van der Waals surface area contributed by atoms with Crippen LogP contribution in [0.5, 0.6) is 0 Å². The van der Waals surface area contributed by atoms with Gasteiger partial charge in [0.05, 0.1) is 11.6 Å². The number of aliphatic hydroxyl groups is 1. The molecule has 23 heavy (non-hydrogen) atoms. The molecule has 1 saturated heterocycles. The number of carbonyl (C=O) groups is 2. The van der Waals surface area contributed by atoms with Gasteiger partial charge in [0, 0.05) is 10.6 Å². The Morgan fingerprint density at radius 2 is 1.65 bits per heavy atom. The van der Waals surface area contributed by atoms with Crippen molar-refractivity contribution >= 4 is 29.1 Å². The largest absolute Gasteiger partial charge is 0.507 e. The zero-order valence-electron chi connectivity index (χ0n) is 11.7. The molecule has 116 valence electrons. The molecule has 1 aliphatic rings. The molecule has 0 aliphatic carbocycles. The van der Waals surface area contributed by atoms with Crippen molar-refractivity contribution in [1.82, 2.24) is 5.32 Å². The van der Waals surface area contributed by atoms with E-state index in [0.29, 0.717) is 16.1 Å². The average Bonchev–Trinajstić information content (AvgIpc) is 2.84. The highest BCUT2D eigenvalue weighted by Gasteiger charge is 2.39. The monoisotopic (exact) mass is 331 g/mol. The second-order valence-corrected chi connectivity index (χ2v) is 5.49. The van der Waals surface area contributed by atoms with Crippen LogP contribution in [0, 0.1) is 5.82 Å². The van der Waals surface area contributed by atoms with E-state index in [9.17, 15) is 19.1 Å². The molecule has 0 unspecified atom stereocenters. The number of amides is 1. The maximum absolute atomic E-state index is 13.1. The van der Waals surface area contributed by atoms with Crippen LogP contribution in [0.25, 0.3) is 5.76 Å². The summed E-state index contributed by atoms with van der Waals surface area (Å²) in [6, 6.07) is 10.7. The highest BCUT2D eigenvalue weighted by atomic mass is 35.5. The highest BCUT2D eigenvalue weighted by molar-refractivity contribution is 6.46. The lowest BCUT2D eigenvalue weighted by Gasteiger charge is -2.13. The summed E-state index contributed by atoms with van der Waals surface area (Å²) < 4.78 is 13.1. The number of aliphatic hydroxyl groups excluding tert-OH is 1. The molecular weight excluding hydrogens is 321 g/mol. The summed E-state index contributed by atoms with van der Waals surface area (Å²) in [6.07, 6.45) is 0. The summed E-state index contributed by atoms with van der Waals surface area (Å²) in [5.41, 5.74) is 0.798. The van der Waals surface area contributed by atoms with Crippen molar-refractivity contribution < 1.29 is 19.1 Å². The third-order valence-electron chi connectivity index (χ3n) is 3.59. The van der Waals surface area contributed by atoms with E-state index >= 15 is 0 Å². The minimum atomic E-state index is -0.828. The number of Topliss-reactive ketones (excluding diaryl/α,β-unsaturated/α-hetero) is 1. The van der Waals surface area contributed by atoms with Gasteiger partial charge in [-0.1, -0.05) is 23.7 Å².